The van der Waals surface area contributed by atoms with E-state index in [0.29, 0.717) is 17.7 Å². The highest BCUT2D eigenvalue weighted by Crippen LogP contribution is 2.40. The van der Waals surface area contributed by atoms with E-state index in [1.807, 2.05) is 55.1 Å². The van der Waals surface area contributed by atoms with Crippen LogP contribution in [-0.4, -0.2) is 31.1 Å². The lowest BCUT2D eigenvalue weighted by molar-refractivity contribution is -0.137. The van der Waals surface area contributed by atoms with Crippen LogP contribution in [-0.2, 0) is 25.6 Å². The number of hydrogen-bond acceptors (Lipinski definition) is 6. The van der Waals surface area contributed by atoms with Gasteiger partial charge in [0.15, 0.2) is 0 Å². The van der Waals surface area contributed by atoms with Gasteiger partial charge in [0.25, 0.3) is 0 Å². The Balaban J connectivity index is 2.04. The fraction of sp³-hybridized carbons (Fsp3) is 0.273. The van der Waals surface area contributed by atoms with Gasteiger partial charge in [0.2, 0.25) is 0 Å². The van der Waals surface area contributed by atoms with Crippen LogP contribution in [0.2, 0.25) is 0 Å². The van der Waals surface area contributed by atoms with E-state index in [4.69, 9.17) is 9.47 Å². The lowest BCUT2D eigenvalue weighted by Crippen LogP contribution is -2.28. The van der Waals surface area contributed by atoms with Crippen LogP contribution in [0.5, 0.6) is 0 Å². The lowest BCUT2D eigenvalue weighted by atomic mass is 9.88. The van der Waals surface area contributed by atoms with Crippen LogP contribution in [0.1, 0.15) is 26.8 Å². The van der Waals surface area contributed by atoms with E-state index in [1.54, 1.807) is 23.7 Å². The molecule has 2 heterocycles. The zero-order chi connectivity index (χ0) is 20.3. The number of hydrogen-bond donors (Lipinski definition) is 0. The number of carbonyl (C=O) groups is 2. The van der Waals surface area contributed by atoms with Crippen molar-refractivity contribution in [2.45, 2.75) is 26.3 Å². The van der Waals surface area contributed by atoms with Crippen molar-refractivity contribution >= 4 is 23.3 Å². The van der Waals surface area contributed by atoms with E-state index in [0.717, 1.165) is 15.3 Å². The Morgan fingerprint density at radius 2 is 1.50 bits per heavy atom. The molecular weight excluding hydrogens is 374 g/mol. The van der Waals surface area contributed by atoms with Gasteiger partial charge in [-0.25, -0.2) is 9.59 Å². The summed E-state index contributed by atoms with van der Waals surface area (Å²) in [5, 5.41) is 0. The summed E-state index contributed by atoms with van der Waals surface area (Å²) in [5.74, 6) is -1.42. The van der Waals surface area contributed by atoms with Gasteiger partial charge >= 0.3 is 11.9 Å². The van der Waals surface area contributed by atoms with E-state index < -0.39 is 17.9 Å². The van der Waals surface area contributed by atoms with E-state index in [1.165, 1.54) is 19.8 Å². The fourth-order valence-corrected chi connectivity index (χ4v) is 4.21. The van der Waals surface area contributed by atoms with Gasteiger partial charge in [0.1, 0.15) is 0 Å². The maximum absolute atomic E-state index is 12.6. The Morgan fingerprint density at radius 3 is 1.96 bits per heavy atom. The van der Waals surface area contributed by atoms with Crippen molar-refractivity contribution in [3.63, 3.8) is 0 Å². The molecular formula is C22H23NO4S. The fourth-order valence-electron chi connectivity index (χ4n) is 3.20. The molecule has 0 aliphatic carbocycles. The van der Waals surface area contributed by atoms with Gasteiger partial charge in [-0.2, -0.15) is 0 Å². The molecule has 1 aliphatic rings. The molecule has 1 aliphatic heterocycles. The Labute approximate surface area is 168 Å². The molecule has 146 valence electrons. The first-order chi connectivity index (χ1) is 13.4. The van der Waals surface area contributed by atoms with Crippen LogP contribution in [0.25, 0.3) is 0 Å². The van der Waals surface area contributed by atoms with Crippen molar-refractivity contribution in [1.82, 2.24) is 4.90 Å². The molecule has 0 saturated heterocycles. The van der Waals surface area contributed by atoms with Crippen LogP contribution >= 0.6 is 11.3 Å². The molecule has 0 atom stereocenters. The van der Waals surface area contributed by atoms with E-state index >= 15 is 0 Å². The second kappa shape index (κ2) is 8.44. The first kappa shape index (κ1) is 19.9. The van der Waals surface area contributed by atoms with Gasteiger partial charge < -0.3 is 14.4 Å². The zero-order valence-corrected chi connectivity index (χ0v) is 17.2. The molecule has 0 saturated carbocycles. The van der Waals surface area contributed by atoms with Crippen molar-refractivity contribution in [3.8, 4) is 0 Å². The molecule has 2 aromatic rings. The monoisotopic (exact) mass is 397 g/mol. The molecule has 28 heavy (non-hydrogen) atoms. The first-order valence-corrected chi connectivity index (χ1v) is 9.72. The molecule has 0 fully saturated rings. The van der Waals surface area contributed by atoms with Crippen LogP contribution < -0.4 is 0 Å². The van der Waals surface area contributed by atoms with Gasteiger partial charge in [-0.1, -0.05) is 29.8 Å². The first-order valence-electron chi connectivity index (χ1n) is 8.90. The highest BCUT2D eigenvalue weighted by atomic mass is 32.1. The molecule has 3 rings (SSSR count). The molecule has 0 unspecified atom stereocenters. The summed E-state index contributed by atoms with van der Waals surface area (Å²) >= 11 is 1.55. The second-order valence-electron chi connectivity index (χ2n) is 6.69. The Hall–Kier alpha value is -2.86. The summed E-state index contributed by atoms with van der Waals surface area (Å²) in [5.41, 5.74) is 3.07. The largest absolute Gasteiger partial charge is 0.466 e. The van der Waals surface area contributed by atoms with Crippen LogP contribution in [0.4, 0.5) is 0 Å². The minimum Gasteiger partial charge on any atom is -0.466 e. The lowest BCUT2D eigenvalue weighted by Gasteiger charge is -2.29. The third kappa shape index (κ3) is 4.17. The van der Waals surface area contributed by atoms with Crippen LogP contribution in [0.15, 0.2) is 59.9 Å². The third-order valence-electron chi connectivity index (χ3n) is 4.61. The zero-order valence-electron chi connectivity index (χ0n) is 16.4. The molecule has 0 bridgehead atoms. The highest BCUT2D eigenvalue weighted by molar-refractivity contribution is 7.12. The van der Waals surface area contributed by atoms with E-state index in [9.17, 15) is 9.59 Å². The summed E-state index contributed by atoms with van der Waals surface area (Å²) in [6.45, 7) is 4.55. The molecule has 0 spiro atoms. The van der Waals surface area contributed by atoms with Crippen molar-refractivity contribution in [1.29, 1.82) is 0 Å². The Bertz CT molecular complexity index is 906. The summed E-state index contributed by atoms with van der Waals surface area (Å²) in [7, 11) is 2.70. The Morgan fingerprint density at radius 1 is 0.929 bits per heavy atom. The number of carbonyl (C=O) groups excluding carboxylic acids is 2. The minimum atomic E-state index is -0.507. The second-order valence-corrected chi connectivity index (χ2v) is 8.01. The summed E-state index contributed by atoms with van der Waals surface area (Å²) < 4.78 is 10.0. The average Bonchev–Trinajstić information content (AvgIpc) is 3.13. The maximum atomic E-state index is 12.6. The van der Waals surface area contributed by atoms with Crippen LogP contribution in [0, 0.1) is 13.8 Å². The van der Waals surface area contributed by atoms with Gasteiger partial charge in [-0.3, -0.25) is 0 Å². The van der Waals surface area contributed by atoms with Crippen molar-refractivity contribution in [2.75, 3.05) is 14.2 Å². The van der Waals surface area contributed by atoms with E-state index in [-0.39, 0.29) is 0 Å². The average molecular weight is 397 g/mol. The van der Waals surface area contributed by atoms with Gasteiger partial charge in [-0.15, -0.1) is 11.3 Å². The van der Waals surface area contributed by atoms with Gasteiger partial charge in [0, 0.05) is 28.7 Å². The summed E-state index contributed by atoms with van der Waals surface area (Å²) in [6.07, 6.45) is 3.52. The maximum Gasteiger partial charge on any atom is 0.336 e. The van der Waals surface area contributed by atoms with Crippen molar-refractivity contribution in [2.24, 2.45) is 0 Å². The molecule has 1 aromatic carbocycles. The summed E-state index contributed by atoms with van der Waals surface area (Å²) in [4.78, 5) is 29.0. The highest BCUT2D eigenvalue weighted by Gasteiger charge is 2.36. The van der Waals surface area contributed by atoms with Gasteiger partial charge in [-0.05, 0) is 31.5 Å². The number of nitrogens with zero attached hydrogens (tertiary/aromatic N) is 1. The predicted molar refractivity (Wildman–Crippen MR) is 109 cm³/mol. The van der Waals surface area contributed by atoms with Crippen molar-refractivity contribution < 1.29 is 19.1 Å². The minimum absolute atomic E-state index is 0.416. The predicted octanol–water partition coefficient (Wildman–Crippen LogP) is 4.08. The van der Waals surface area contributed by atoms with Crippen molar-refractivity contribution in [3.05, 3.63) is 80.8 Å². The number of aryl methyl sites for hydroxylation is 2. The number of esters is 2. The normalized spacial score (nSPS) is 14.4. The number of rotatable bonds is 5. The molecule has 5 nitrogen and oxygen atoms in total. The quantitative estimate of drug-likeness (QED) is 0.712. The van der Waals surface area contributed by atoms with Crippen LogP contribution in [0.3, 0.4) is 0 Å². The SMILES string of the molecule is COC(=O)C1=CN(Cc2ccc(C)cc2)C=C(C(=O)OC)C1c1ccc(C)s1. The third-order valence-corrected chi connectivity index (χ3v) is 5.67. The van der Waals surface area contributed by atoms with Gasteiger partial charge in [0.05, 0.1) is 31.3 Å². The Kier molecular flexibility index (Phi) is 5.99. The molecule has 0 radical (unpaired) electrons. The molecule has 0 N–H and O–H groups in total. The topological polar surface area (TPSA) is 55.8 Å². The smallest absolute Gasteiger partial charge is 0.336 e. The molecule has 0 amide bonds. The standard InChI is InChI=1S/C22H23NO4S/c1-14-5-8-16(9-6-14)11-23-12-17(21(24)26-3)20(18(13-23)22(25)27-4)19-10-7-15(2)28-19/h5-10,12-13,20H,11H2,1-4H3. The number of ether oxygens (including phenoxy) is 2. The number of thiophene rings is 1. The number of methoxy groups -OCH3 is 2. The molecule has 1 aromatic heterocycles. The molecule has 6 heteroatoms. The number of benzene rings is 1. The van der Waals surface area contributed by atoms with E-state index in [2.05, 4.69) is 0 Å². The summed E-state index contributed by atoms with van der Waals surface area (Å²) in [6, 6.07) is 12.0.